The summed E-state index contributed by atoms with van der Waals surface area (Å²) in [4.78, 5) is 2.52. The molecule has 2 aromatic carbocycles. The second-order valence-electron chi connectivity index (χ2n) is 3.95. The Morgan fingerprint density at radius 1 is 0.833 bits per heavy atom. The molecular weight excluding hydrogens is 260 g/mol. The summed E-state index contributed by atoms with van der Waals surface area (Å²) >= 11 is 0. The van der Waals surface area contributed by atoms with Gasteiger partial charge in [-0.3, -0.25) is 0 Å². The van der Waals surface area contributed by atoms with Crippen LogP contribution in [0.4, 0.5) is 0 Å². The monoisotopic (exact) mass is 271 g/mol. The van der Waals surface area contributed by atoms with Crippen LogP contribution in [0.2, 0.25) is 0 Å². The third-order valence-electron chi connectivity index (χ3n) is 2.69. The fraction of sp³-hybridized carbons (Fsp3) is 0. The van der Waals surface area contributed by atoms with Crippen LogP contribution in [0.15, 0.2) is 60.7 Å². The van der Waals surface area contributed by atoms with E-state index in [-0.39, 0.29) is 0 Å². The van der Waals surface area contributed by atoms with Crippen molar-refractivity contribution in [2.24, 2.45) is 0 Å². The standard InChI is InChI=1S/C15H10OS2/c16-13-8-6-12(7-9-13)15-10-14(17-18-15)11-4-2-1-3-5-11/h1-10H/p+1. The van der Waals surface area contributed by atoms with Gasteiger partial charge in [-0.25, -0.2) is 0 Å². The number of aromatic hydroxyl groups is 1. The Morgan fingerprint density at radius 3 is 2.28 bits per heavy atom. The molecule has 18 heavy (non-hydrogen) atoms. The van der Waals surface area contributed by atoms with Crippen LogP contribution in [0.25, 0.3) is 20.9 Å². The van der Waals surface area contributed by atoms with Gasteiger partial charge in [0.1, 0.15) is 5.75 Å². The van der Waals surface area contributed by atoms with Crippen molar-refractivity contribution in [3.63, 3.8) is 0 Å². The van der Waals surface area contributed by atoms with Gasteiger partial charge in [0, 0.05) is 11.6 Å². The van der Waals surface area contributed by atoms with Gasteiger partial charge < -0.3 is 5.11 Å². The molecule has 0 fully saturated rings. The number of phenols is 1. The molecule has 0 aliphatic carbocycles. The highest BCUT2D eigenvalue weighted by Crippen LogP contribution is 2.37. The smallest absolute Gasteiger partial charge is 0.301 e. The van der Waals surface area contributed by atoms with Gasteiger partial charge in [-0.15, -0.1) is 0 Å². The molecule has 1 heterocycles. The zero-order valence-electron chi connectivity index (χ0n) is 9.54. The van der Waals surface area contributed by atoms with E-state index in [1.165, 1.54) is 15.3 Å². The molecule has 88 valence electrons. The molecule has 0 saturated carbocycles. The molecule has 1 aromatic heterocycles. The zero-order valence-corrected chi connectivity index (χ0v) is 11.2. The van der Waals surface area contributed by atoms with Crippen molar-refractivity contribution in [2.75, 3.05) is 0 Å². The molecule has 3 aromatic rings. The van der Waals surface area contributed by atoms with Crippen molar-refractivity contribution in [1.82, 2.24) is 0 Å². The minimum atomic E-state index is 0.308. The predicted molar refractivity (Wildman–Crippen MR) is 79.1 cm³/mol. The Kier molecular flexibility index (Phi) is 3.09. The molecule has 0 saturated heterocycles. The van der Waals surface area contributed by atoms with Crippen molar-refractivity contribution in [3.05, 3.63) is 60.7 Å². The van der Waals surface area contributed by atoms with Crippen LogP contribution in [0.3, 0.4) is 0 Å². The number of benzene rings is 2. The van der Waals surface area contributed by atoms with Gasteiger partial charge in [0.2, 0.25) is 0 Å². The average molecular weight is 271 g/mol. The number of hydrogen-bond acceptors (Lipinski definition) is 2. The fourth-order valence-electron chi connectivity index (χ4n) is 1.75. The molecule has 0 amide bonds. The Balaban J connectivity index is 1.97. The van der Waals surface area contributed by atoms with Gasteiger partial charge in [0.15, 0.2) is 10.3 Å². The van der Waals surface area contributed by atoms with E-state index in [1.807, 2.05) is 18.2 Å². The summed E-state index contributed by atoms with van der Waals surface area (Å²) in [7, 11) is 3.54. The average Bonchev–Trinajstić information content (AvgIpc) is 2.90. The Labute approximate surface area is 113 Å². The number of rotatable bonds is 2. The van der Waals surface area contributed by atoms with E-state index in [2.05, 4.69) is 30.3 Å². The minimum Gasteiger partial charge on any atom is -0.508 e. The molecule has 0 aliphatic rings. The summed E-state index contributed by atoms with van der Waals surface area (Å²) in [6.07, 6.45) is 0. The SMILES string of the molecule is Oc1ccc(-c2cc(-c3ccccc3)[s+]s2)cc1. The van der Waals surface area contributed by atoms with E-state index in [4.69, 9.17) is 0 Å². The Bertz CT molecular complexity index is 642. The third-order valence-corrected chi connectivity index (χ3v) is 5.17. The van der Waals surface area contributed by atoms with Gasteiger partial charge in [-0.1, -0.05) is 18.2 Å². The van der Waals surface area contributed by atoms with Crippen molar-refractivity contribution >= 4 is 20.7 Å². The first kappa shape index (κ1) is 11.4. The lowest BCUT2D eigenvalue weighted by Crippen LogP contribution is -1.72. The molecule has 0 bridgehead atoms. The molecule has 0 aliphatic heterocycles. The van der Waals surface area contributed by atoms with E-state index < -0.39 is 0 Å². The molecule has 3 heteroatoms. The van der Waals surface area contributed by atoms with Crippen LogP contribution >= 0.6 is 20.7 Å². The highest BCUT2D eigenvalue weighted by atomic mass is 32.9. The normalized spacial score (nSPS) is 10.4. The topological polar surface area (TPSA) is 20.2 Å². The summed E-state index contributed by atoms with van der Waals surface area (Å²) in [5.41, 5.74) is 2.40. The molecule has 1 N–H and O–H groups in total. The number of phenolic OH excluding ortho intramolecular Hbond substituents is 1. The van der Waals surface area contributed by atoms with Crippen LogP contribution in [0, 0.1) is 0 Å². The summed E-state index contributed by atoms with van der Waals surface area (Å²) < 4.78 is 0. The number of hydrogen-bond donors (Lipinski definition) is 1. The molecule has 0 spiro atoms. The van der Waals surface area contributed by atoms with Crippen molar-refractivity contribution < 1.29 is 5.11 Å². The first-order chi connectivity index (χ1) is 8.83. The van der Waals surface area contributed by atoms with E-state index in [9.17, 15) is 5.11 Å². The summed E-state index contributed by atoms with van der Waals surface area (Å²) in [5.74, 6) is 0.308. The molecule has 0 atom stereocenters. The van der Waals surface area contributed by atoms with E-state index in [0.29, 0.717) is 5.75 Å². The van der Waals surface area contributed by atoms with Crippen LogP contribution in [-0.4, -0.2) is 5.11 Å². The summed E-state index contributed by atoms with van der Waals surface area (Å²) in [5, 5.41) is 9.29. The van der Waals surface area contributed by atoms with Crippen molar-refractivity contribution in [1.29, 1.82) is 0 Å². The maximum Gasteiger partial charge on any atom is 0.301 e. The quantitative estimate of drug-likeness (QED) is 0.506. The van der Waals surface area contributed by atoms with Crippen molar-refractivity contribution in [2.45, 2.75) is 0 Å². The first-order valence-corrected chi connectivity index (χ1v) is 7.76. The van der Waals surface area contributed by atoms with Crippen molar-refractivity contribution in [3.8, 4) is 26.6 Å². The van der Waals surface area contributed by atoms with Crippen LogP contribution in [-0.2, 0) is 0 Å². The summed E-state index contributed by atoms with van der Waals surface area (Å²) in [6, 6.07) is 19.9. The highest BCUT2D eigenvalue weighted by molar-refractivity contribution is 7.72. The second kappa shape index (κ2) is 4.88. The Hall–Kier alpha value is -1.71. The lowest BCUT2D eigenvalue weighted by atomic mass is 10.1. The predicted octanol–water partition coefficient (Wildman–Crippen LogP) is 5.13. The molecule has 0 unspecified atom stereocenters. The Morgan fingerprint density at radius 2 is 1.56 bits per heavy atom. The van der Waals surface area contributed by atoms with Crippen LogP contribution in [0.5, 0.6) is 5.75 Å². The molecular formula is C15H11OS2+. The lowest BCUT2D eigenvalue weighted by Gasteiger charge is -1.94. The maximum absolute atomic E-state index is 9.29. The zero-order chi connectivity index (χ0) is 12.4. The second-order valence-corrected chi connectivity index (χ2v) is 6.17. The van der Waals surface area contributed by atoms with E-state index in [0.717, 1.165) is 5.56 Å². The van der Waals surface area contributed by atoms with E-state index >= 15 is 0 Å². The molecule has 0 radical (unpaired) electrons. The van der Waals surface area contributed by atoms with E-state index in [1.54, 1.807) is 32.8 Å². The molecule has 1 nitrogen and oxygen atoms in total. The van der Waals surface area contributed by atoms with Gasteiger partial charge in [-0.2, -0.15) is 0 Å². The van der Waals surface area contributed by atoms with Gasteiger partial charge >= 0.3 is 10.3 Å². The maximum atomic E-state index is 9.29. The first-order valence-electron chi connectivity index (χ1n) is 5.61. The summed E-state index contributed by atoms with van der Waals surface area (Å²) in [6.45, 7) is 0. The van der Waals surface area contributed by atoms with Gasteiger partial charge in [0.25, 0.3) is 4.88 Å². The van der Waals surface area contributed by atoms with Crippen LogP contribution < -0.4 is 0 Å². The lowest BCUT2D eigenvalue weighted by molar-refractivity contribution is 0.475. The van der Waals surface area contributed by atoms with Gasteiger partial charge in [0.05, 0.1) is 4.88 Å². The molecule has 3 rings (SSSR count). The van der Waals surface area contributed by atoms with Crippen LogP contribution in [0.1, 0.15) is 0 Å². The fourth-order valence-corrected chi connectivity index (χ4v) is 4.20. The highest BCUT2D eigenvalue weighted by Gasteiger charge is 2.16. The third kappa shape index (κ3) is 2.28. The minimum absolute atomic E-state index is 0.308. The largest absolute Gasteiger partial charge is 0.508 e. The van der Waals surface area contributed by atoms with Gasteiger partial charge in [-0.05, 0) is 42.0 Å².